The van der Waals surface area contributed by atoms with E-state index >= 15 is 0 Å². The van der Waals surface area contributed by atoms with E-state index in [-0.39, 0.29) is 7.39 Å². The molecule has 1 aliphatic heterocycles. The Kier molecular flexibility index (Phi) is 8.59. The summed E-state index contributed by atoms with van der Waals surface area (Å²) >= 11 is 0. The Labute approximate surface area is 157 Å². The lowest BCUT2D eigenvalue weighted by molar-refractivity contribution is 0.144. The zero-order valence-corrected chi connectivity index (χ0v) is 15.3. The van der Waals surface area contributed by atoms with Crippen LogP contribution in [0.1, 0.15) is 19.8 Å². The molecule has 6 heteroatoms. The van der Waals surface area contributed by atoms with Crippen LogP contribution in [-0.2, 0) is 11.3 Å². The lowest BCUT2D eigenvalue weighted by atomic mass is 10.2. The summed E-state index contributed by atoms with van der Waals surface area (Å²) in [5.74, 6) is 0.978. The van der Waals surface area contributed by atoms with E-state index in [2.05, 4.69) is 28.0 Å². The van der Waals surface area contributed by atoms with E-state index in [0.717, 1.165) is 30.9 Å². The summed E-state index contributed by atoms with van der Waals surface area (Å²) < 4.78 is 11.6. The van der Waals surface area contributed by atoms with Crippen molar-refractivity contribution in [1.29, 1.82) is 0 Å². The molecule has 26 heavy (non-hydrogen) atoms. The van der Waals surface area contributed by atoms with Crippen LogP contribution in [0.3, 0.4) is 0 Å². The number of rotatable bonds is 10. The third kappa shape index (κ3) is 6.82. The van der Waals surface area contributed by atoms with Gasteiger partial charge in [0.05, 0.1) is 18.9 Å². The van der Waals surface area contributed by atoms with Crippen LogP contribution in [0.25, 0.3) is 0 Å². The topological polar surface area (TPSA) is 72.4 Å². The maximum absolute atomic E-state index is 5.98. The van der Waals surface area contributed by atoms with Crippen LogP contribution in [0.4, 0.5) is 5.69 Å². The Morgan fingerprint density at radius 2 is 2.12 bits per heavy atom. The molecule has 142 valence electrons. The monoisotopic (exact) mass is 358 g/mol. The number of benzene rings is 1. The molecule has 1 aromatic carbocycles. The molecule has 0 atom stereocenters. The summed E-state index contributed by atoms with van der Waals surface area (Å²) in [6, 6.07) is 5.67. The first-order valence-electron chi connectivity index (χ1n) is 8.89. The van der Waals surface area contributed by atoms with Crippen molar-refractivity contribution in [1.82, 2.24) is 4.90 Å². The maximum Gasteiger partial charge on any atom is 0.220 e. The molecule has 1 aliphatic rings. The lowest BCUT2D eigenvalue weighted by Crippen LogP contribution is -2.25. The minimum atomic E-state index is 0. The van der Waals surface area contributed by atoms with Crippen molar-refractivity contribution in [2.45, 2.75) is 19.4 Å². The van der Waals surface area contributed by atoms with Gasteiger partial charge in [0.2, 0.25) is 5.96 Å². The molecule has 0 spiro atoms. The van der Waals surface area contributed by atoms with Gasteiger partial charge in [-0.05, 0) is 44.1 Å². The lowest BCUT2D eigenvalue weighted by Gasteiger charge is -2.17. The minimum absolute atomic E-state index is 0. The smallest absolute Gasteiger partial charge is 0.220 e. The van der Waals surface area contributed by atoms with Gasteiger partial charge in [0.1, 0.15) is 12.4 Å². The van der Waals surface area contributed by atoms with Crippen LogP contribution in [0, 0.1) is 0 Å². The molecule has 1 fully saturated rings. The highest BCUT2D eigenvalue weighted by molar-refractivity contribution is 5.91. The third-order valence-corrected chi connectivity index (χ3v) is 3.96. The summed E-state index contributed by atoms with van der Waals surface area (Å²) in [5.41, 5.74) is 7.40. The van der Waals surface area contributed by atoms with E-state index in [1.807, 2.05) is 18.2 Å². The van der Waals surface area contributed by atoms with Gasteiger partial charge in [-0.2, -0.15) is 0 Å². The molecule has 1 saturated heterocycles. The summed E-state index contributed by atoms with van der Waals surface area (Å²) in [6.07, 6.45) is 7.33. The predicted octanol–water partition coefficient (Wildman–Crippen LogP) is 3.31. The Hall–Kier alpha value is -2.44. The number of aliphatic imine (C=N–C) groups is 2. The van der Waals surface area contributed by atoms with Gasteiger partial charge < -0.3 is 15.2 Å². The zero-order valence-electron chi connectivity index (χ0n) is 15.3. The second-order valence-electron chi connectivity index (χ2n) is 5.98. The molecule has 0 saturated carbocycles. The largest absolute Gasteiger partial charge is 0.492 e. The standard InChI is InChI=1S/C20H28N4O2.H2/c1-3-9-22-20(21)23-18-7-8-19(17(15-18)16-25-13-4-2)26-14-12-24-10-5-6-11-24;/h3-4,7-9,15H,1-2,5-6,10-14,16H2,(H2,21,23);1H/b22-9+;. The van der Waals surface area contributed by atoms with E-state index < -0.39 is 0 Å². The first-order valence-corrected chi connectivity index (χ1v) is 8.89. The maximum atomic E-state index is 5.98. The second kappa shape index (κ2) is 11.2. The van der Waals surface area contributed by atoms with Crippen LogP contribution < -0.4 is 10.5 Å². The van der Waals surface area contributed by atoms with Crippen LogP contribution in [0.15, 0.2) is 53.5 Å². The molecule has 1 aromatic rings. The molecule has 1 heterocycles. The van der Waals surface area contributed by atoms with Gasteiger partial charge in [0, 0.05) is 19.7 Å². The van der Waals surface area contributed by atoms with E-state index in [1.165, 1.54) is 19.1 Å². The fraction of sp³-hybridized carbons (Fsp3) is 0.400. The average molecular weight is 358 g/mol. The van der Waals surface area contributed by atoms with Crippen LogP contribution in [0.2, 0.25) is 0 Å². The molecule has 0 amide bonds. The second-order valence-corrected chi connectivity index (χ2v) is 5.98. The van der Waals surface area contributed by atoms with E-state index in [4.69, 9.17) is 15.2 Å². The van der Waals surface area contributed by atoms with Crippen molar-refractivity contribution in [3.05, 3.63) is 49.1 Å². The van der Waals surface area contributed by atoms with Crippen molar-refractivity contribution >= 4 is 17.9 Å². The van der Waals surface area contributed by atoms with Gasteiger partial charge in [0.15, 0.2) is 0 Å². The third-order valence-electron chi connectivity index (χ3n) is 3.96. The molecular formula is C20H30N4O2. The average Bonchev–Trinajstić information content (AvgIpc) is 3.15. The Bertz CT molecular complexity index is 655. The Morgan fingerprint density at radius 1 is 1.31 bits per heavy atom. The number of nitrogens with zero attached hydrogens (tertiary/aromatic N) is 3. The molecule has 0 bridgehead atoms. The summed E-state index contributed by atoms with van der Waals surface area (Å²) in [6.45, 7) is 12.1. The molecule has 6 nitrogen and oxygen atoms in total. The first kappa shape index (κ1) is 19.9. The summed E-state index contributed by atoms with van der Waals surface area (Å²) in [5, 5.41) is 0. The van der Waals surface area contributed by atoms with Crippen LogP contribution in [-0.4, -0.2) is 49.9 Å². The number of hydrogen-bond donors (Lipinski definition) is 1. The fourth-order valence-corrected chi connectivity index (χ4v) is 2.72. The number of allylic oxidation sites excluding steroid dienone is 1. The predicted molar refractivity (Wildman–Crippen MR) is 110 cm³/mol. The molecule has 2 N–H and O–H groups in total. The van der Waals surface area contributed by atoms with Crippen molar-refractivity contribution in [3.63, 3.8) is 0 Å². The SMILES string of the molecule is C=C/C=N/C(N)=Nc1ccc(OCCN2CCCC2)c(COCC=C)c1.[HH]. The van der Waals surface area contributed by atoms with Gasteiger partial charge in [0.25, 0.3) is 0 Å². The number of hydrogen-bond acceptors (Lipinski definition) is 4. The molecule has 0 aliphatic carbocycles. The molecule has 2 rings (SSSR count). The molecule has 0 aromatic heterocycles. The van der Waals surface area contributed by atoms with Gasteiger partial charge in [-0.1, -0.05) is 18.7 Å². The number of ether oxygens (including phenoxy) is 2. The van der Waals surface area contributed by atoms with Gasteiger partial charge in [-0.25, -0.2) is 9.98 Å². The van der Waals surface area contributed by atoms with Crippen molar-refractivity contribution in [2.75, 3.05) is 32.8 Å². The zero-order chi connectivity index (χ0) is 18.6. The van der Waals surface area contributed by atoms with Gasteiger partial charge >= 0.3 is 0 Å². The van der Waals surface area contributed by atoms with Gasteiger partial charge in [-0.15, -0.1) is 6.58 Å². The number of nitrogens with two attached hydrogens (primary N) is 1. The summed E-state index contributed by atoms with van der Waals surface area (Å²) in [4.78, 5) is 10.7. The molecule has 0 radical (unpaired) electrons. The normalized spacial score (nSPS) is 15.5. The Balaban J connectivity index is 0.00000364. The van der Waals surface area contributed by atoms with Crippen molar-refractivity contribution in [2.24, 2.45) is 15.7 Å². The summed E-state index contributed by atoms with van der Waals surface area (Å²) in [7, 11) is 0. The van der Waals surface area contributed by atoms with Gasteiger partial charge in [-0.3, -0.25) is 4.90 Å². The van der Waals surface area contributed by atoms with E-state index in [1.54, 1.807) is 12.2 Å². The van der Waals surface area contributed by atoms with E-state index in [9.17, 15) is 0 Å². The molecular weight excluding hydrogens is 328 g/mol. The van der Waals surface area contributed by atoms with Crippen LogP contribution >= 0.6 is 0 Å². The fourth-order valence-electron chi connectivity index (χ4n) is 2.72. The van der Waals surface area contributed by atoms with Crippen LogP contribution in [0.5, 0.6) is 5.75 Å². The quantitative estimate of drug-likeness (QED) is 0.301. The number of likely N-dealkylation sites (tertiary alicyclic amines) is 1. The van der Waals surface area contributed by atoms with E-state index in [0.29, 0.717) is 25.5 Å². The number of guanidine groups is 1. The first-order chi connectivity index (χ1) is 12.7. The molecule has 0 unspecified atom stereocenters. The van der Waals surface area contributed by atoms with Crippen molar-refractivity contribution < 1.29 is 10.9 Å². The highest BCUT2D eigenvalue weighted by Gasteiger charge is 2.12. The highest BCUT2D eigenvalue weighted by Crippen LogP contribution is 2.26. The highest BCUT2D eigenvalue weighted by atomic mass is 16.5. The Morgan fingerprint density at radius 3 is 2.85 bits per heavy atom. The van der Waals surface area contributed by atoms with Crippen molar-refractivity contribution in [3.8, 4) is 5.75 Å². The minimum Gasteiger partial charge on any atom is -0.492 e.